The minimum Gasteiger partial charge on any atom is -0.504 e. The second-order valence-corrected chi connectivity index (χ2v) is 5.86. The van der Waals surface area contributed by atoms with Crippen molar-refractivity contribution in [3.05, 3.63) is 65.7 Å². The minimum absolute atomic E-state index is 0.318. The highest BCUT2D eigenvalue weighted by molar-refractivity contribution is 5.67. The van der Waals surface area contributed by atoms with Gasteiger partial charge in [0.05, 0.1) is 0 Å². The molecule has 1 aliphatic heterocycles. The van der Waals surface area contributed by atoms with Crippen LogP contribution in [0.1, 0.15) is 11.1 Å². The zero-order valence-corrected chi connectivity index (χ0v) is 12.9. The minimum atomic E-state index is -0.506. The van der Waals surface area contributed by atoms with Crippen molar-refractivity contribution in [2.45, 2.75) is 12.8 Å². The maximum absolute atomic E-state index is 10.1. The third-order valence-electron chi connectivity index (χ3n) is 4.35. The fourth-order valence-electron chi connectivity index (χ4n) is 3.06. The van der Waals surface area contributed by atoms with Crippen LogP contribution in [-0.4, -0.2) is 15.3 Å². The molecule has 0 aliphatic carbocycles. The van der Waals surface area contributed by atoms with Crippen LogP contribution in [0.5, 0.6) is 28.7 Å². The van der Waals surface area contributed by atoms with Crippen LogP contribution in [0.25, 0.3) is 11.1 Å². The van der Waals surface area contributed by atoms with Crippen molar-refractivity contribution in [2.24, 2.45) is 0 Å². The quantitative estimate of drug-likeness (QED) is 0.583. The van der Waals surface area contributed by atoms with Gasteiger partial charge in [-0.05, 0) is 41.7 Å². The van der Waals surface area contributed by atoms with Gasteiger partial charge in [0.25, 0.3) is 0 Å². The maximum Gasteiger partial charge on any atom is 0.200 e. The van der Waals surface area contributed by atoms with Crippen molar-refractivity contribution in [1.29, 1.82) is 0 Å². The lowest BCUT2D eigenvalue weighted by Crippen LogP contribution is -1.90. The van der Waals surface area contributed by atoms with Crippen LogP contribution in [0.2, 0.25) is 0 Å². The standard InChI is InChI=1S/C20H16O4/c21-16-11-18-15(19(22)20(16)23)8-6-14-10-13(7-9-17(14)24-18)12-4-2-1-3-5-12/h1-5,7,9-11,21-23H,6,8H2. The van der Waals surface area contributed by atoms with E-state index in [1.54, 1.807) is 0 Å². The van der Waals surface area contributed by atoms with Gasteiger partial charge in [0.15, 0.2) is 11.5 Å². The number of ether oxygens (including phenoxy) is 1. The first kappa shape index (κ1) is 14.5. The Morgan fingerprint density at radius 2 is 1.50 bits per heavy atom. The normalized spacial score (nSPS) is 12.7. The first-order valence-electron chi connectivity index (χ1n) is 7.76. The Balaban J connectivity index is 1.77. The van der Waals surface area contributed by atoms with Crippen LogP contribution < -0.4 is 4.74 Å². The van der Waals surface area contributed by atoms with E-state index >= 15 is 0 Å². The van der Waals surface area contributed by atoms with Crippen LogP contribution in [-0.2, 0) is 12.8 Å². The summed E-state index contributed by atoms with van der Waals surface area (Å²) in [6.07, 6.45) is 1.18. The second kappa shape index (κ2) is 5.49. The van der Waals surface area contributed by atoms with Crippen molar-refractivity contribution in [3.8, 4) is 39.9 Å². The number of phenols is 3. The molecule has 1 heterocycles. The number of rotatable bonds is 1. The fourth-order valence-corrected chi connectivity index (χ4v) is 3.06. The van der Waals surface area contributed by atoms with E-state index in [0.717, 1.165) is 16.7 Å². The monoisotopic (exact) mass is 320 g/mol. The first-order valence-corrected chi connectivity index (χ1v) is 7.76. The molecule has 3 aromatic carbocycles. The van der Waals surface area contributed by atoms with E-state index in [0.29, 0.717) is 29.9 Å². The lowest BCUT2D eigenvalue weighted by Gasteiger charge is -2.12. The summed E-state index contributed by atoms with van der Waals surface area (Å²) >= 11 is 0. The fraction of sp³-hybridized carbons (Fsp3) is 0.100. The highest BCUT2D eigenvalue weighted by Crippen LogP contribution is 2.47. The molecule has 4 nitrogen and oxygen atoms in total. The second-order valence-electron chi connectivity index (χ2n) is 5.86. The Hall–Kier alpha value is -3.14. The van der Waals surface area contributed by atoms with Crippen molar-refractivity contribution in [1.82, 2.24) is 0 Å². The van der Waals surface area contributed by atoms with Crippen molar-refractivity contribution in [2.75, 3.05) is 0 Å². The summed E-state index contributed by atoms with van der Waals surface area (Å²) in [7, 11) is 0. The molecule has 0 saturated carbocycles. The zero-order chi connectivity index (χ0) is 16.7. The number of phenolic OH excluding ortho intramolecular Hbond substituents is 3. The highest BCUT2D eigenvalue weighted by atomic mass is 16.5. The molecule has 4 heteroatoms. The van der Waals surface area contributed by atoms with E-state index in [2.05, 4.69) is 18.2 Å². The molecule has 0 radical (unpaired) electrons. The zero-order valence-electron chi connectivity index (χ0n) is 12.9. The number of aromatic hydroxyl groups is 3. The van der Waals surface area contributed by atoms with Gasteiger partial charge in [0.1, 0.15) is 11.5 Å². The Labute approximate surface area is 139 Å². The Morgan fingerprint density at radius 1 is 0.708 bits per heavy atom. The van der Waals surface area contributed by atoms with E-state index < -0.39 is 11.5 Å². The van der Waals surface area contributed by atoms with E-state index in [-0.39, 0.29) is 5.75 Å². The third kappa shape index (κ3) is 2.33. The average molecular weight is 320 g/mol. The molecule has 3 aromatic rings. The van der Waals surface area contributed by atoms with Gasteiger partial charge in [0, 0.05) is 11.6 Å². The number of hydrogen-bond acceptors (Lipinski definition) is 4. The molecule has 0 unspecified atom stereocenters. The maximum atomic E-state index is 10.1. The van der Waals surface area contributed by atoms with Crippen LogP contribution in [0.15, 0.2) is 54.6 Å². The molecule has 0 bridgehead atoms. The Morgan fingerprint density at radius 3 is 2.29 bits per heavy atom. The molecule has 3 N–H and O–H groups in total. The summed E-state index contributed by atoms with van der Waals surface area (Å²) in [5, 5.41) is 29.5. The number of fused-ring (bicyclic) bond motifs is 2. The van der Waals surface area contributed by atoms with Gasteiger partial charge in [0.2, 0.25) is 5.75 Å². The van der Waals surface area contributed by atoms with Crippen molar-refractivity contribution >= 4 is 0 Å². The summed E-state index contributed by atoms with van der Waals surface area (Å²) in [4.78, 5) is 0. The van der Waals surface area contributed by atoms with E-state index in [9.17, 15) is 15.3 Å². The predicted molar refractivity (Wildman–Crippen MR) is 90.8 cm³/mol. The summed E-state index contributed by atoms with van der Waals surface area (Å²) < 4.78 is 5.88. The van der Waals surface area contributed by atoms with Crippen molar-refractivity contribution < 1.29 is 20.1 Å². The van der Waals surface area contributed by atoms with Gasteiger partial charge < -0.3 is 20.1 Å². The molecule has 1 aliphatic rings. The topological polar surface area (TPSA) is 69.9 Å². The molecule has 0 aromatic heterocycles. The van der Waals surface area contributed by atoms with Crippen LogP contribution in [0.3, 0.4) is 0 Å². The van der Waals surface area contributed by atoms with Crippen LogP contribution in [0, 0.1) is 0 Å². The Bertz CT molecular complexity index is 917. The lowest BCUT2D eigenvalue weighted by atomic mass is 9.98. The predicted octanol–water partition coefficient (Wildman–Crippen LogP) is 4.36. The smallest absolute Gasteiger partial charge is 0.200 e. The third-order valence-corrected chi connectivity index (χ3v) is 4.35. The molecule has 0 amide bonds. The first-order chi connectivity index (χ1) is 11.6. The summed E-state index contributed by atoms with van der Waals surface area (Å²) in [6, 6.07) is 17.4. The summed E-state index contributed by atoms with van der Waals surface area (Å²) in [5.74, 6) is -0.156. The van der Waals surface area contributed by atoms with E-state index in [1.807, 2.05) is 30.3 Å². The van der Waals surface area contributed by atoms with Crippen molar-refractivity contribution in [3.63, 3.8) is 0 Å². The molecule has 120 valence electrons. The van der Waals surface area contributed by atoms with Gasteiger partial charge in [-0.15, -0.1) is 0 Å². The highest BCUT2D eigenvalue weighted by Gasteiger charge is 2.22. The molecule has 0 fully saturated rings. The van der Waals surface area contributed by atoms with Gasteiger partial charge in [-0.3, -0.25) is 0 Å². The number of hydrogen-bond donors (Lipinski definition) is 3. The summed E-state index contributed by atoms with van der Waals surface area (Å²) in [6.45, 7) is 0. The van der Waals surface area contributed by atoms with Crippen LogP contribution in [0.4, 0.5) is 0 Å². The molecular weight excluding hydrogens is 304 g/mol. The van der Waals surface area contributed by atoms with Gasteiger partial charge in [-0.25, -0.2) is 0 Å². The molecule has 0 spiro atoms. The molecule has 0 atom stereocenters. The largest absolute Gasteiger partial charge is 0.504 e. The van der Waals surface area contributed by atoms with Gasteiger partial charge in [-0.2, -0.15) is 0 Å². The summed E-state index contributed by atoms with van der Waals surface area (Å²) in [5.41, 5.74) is 3.74. The Kier molecular flexibility index (Phi) is 3.31. The van der Waals surface area contributed by atoms with E-state index in [1.165, 1.54) is 6.07 Å². The van der Waals surface area contributed by atoms with E-state index in [4.69, 9.17) is 4.74 Å². The average Bonchev–Trinajstić information content (AvgIpc) is 2.79. The van der Waals surface area contributed by atoms with Gasteiger partial charge >= 0.3 is 0 Å². The molecule has 0 saturated heterocycles. The molecular formula is C20H16O4. The molecule has 4 rings (SSSR count). The number of benzene rings is 3. The van der Waals surface area contributed by atoms with Gasteiger partial charge in [-0.1, -0.05) is 36.4 Å². The SMILES string of the molecule is Oc1cc2c(c(O)c1O)CCc1cc(-c3ccccc3)ccc1O2. The number of aryl methyl sites for hydroxylation is 1. The van der Waals surface area contributed by atoms with Crippen LogP contribution >= 0.6 is 0 Å². The molecule has 24 heavy (non-hydrogen) atoms. The lowest BCUT2D eigenvalue weighted by molar-refractivity contribution is 0.359.